The number of fused-ring (bicyclic) bond motifs is 1. The molecule has 0 bridgehead atoms. The van der Waals surface area contributed by atoms with Crippen LogP contribution in [0.2, 0.25) is 0 Å². The minimum atomic E-state index is 0.0107. The predicted molar refractivity (Wildman–Crippen MR) is 86.9 cm³/mol. The number of pyridine rings is 1. The van der Waals surface area contributed by atoms with E-state index in [2.05, 4.69) is 6.92 Å². The smallest absolute Gasteiger partial charge is 0.258 e. The third kappa shape index (κ3) is 3.85. The number of ether oxygens (including phenoxy) is 1. The van der Waals surface area contributed by atoms with Gasteiger partial charge in [-0.3, -0.25) is 4.79 Å². The van der Waals surface area contributed by atoms with E-state index in [4.69, 9.17) is 10.5 Å². The lowest BCUT2D eigenvalue weighted by molar-refractivity contribution is 0.310. The molecule has 0 amide bonds. The van der Waals surface area contributed by atoms with E-state index >= 15 is 0 Å². The normalized spacial score (nSPS) is 12.5. The maximum atomic E-state index is 12.4. The zero-order valence-corrected chi connectivity index (χ0v) is 12.8. The van der Waals surface area contributed by atoms with Crippen molar-refractivity contribution >= 4 is 10.8 Å². The molecular formula is C17H24N2O2. The van der Waals surface area contributed by atoms with Crippen molar-refractivity contribution in [2.45, 2.75) is 45.7 Å². The van der Waals surface area contributed by atoms with E-state index in [0.717, 1.165) is 30.4 Å². The van der Waals surface area contributed by atoms with E-state index in [1.165, 1.54) is 0 Å². The molecule has 1 aromatic heterocycles. The Morgan fingerprint density at radius 2 is 2.10 bits per heavy atom. The Bertz CT molecular complexity index is 649. The second-order valence-corrected chi connectivity index (χ2v) is 5.39. The summed E-state index contributed by atoms with van der Waals surface area (Å²) in [4.78, 5) is 12.4. The molecule has 0 aliphatic carbocycles. The highest BCUT2D eigenvalue weighted by molar-refractivity contribution is 5.82. The van der Waals surface area contributed by atoms with Crippen LogP contribution in [0.3, 0.4) is 0 Å². The van der Waals surface area contributed by atoms with Gasteiger partial charge < -0.3 is 15.0 Å². The SMILES string of the molecule is CCCCOc1ccc2c(=O)n(CC(N)CC)ccc2c1. The second kappa shape index (κ2) is 7.27. The number of hydrogen-bond donors (Lipinski definition) is 1. The fourth-order valence-electron chi connectivity index (χ4n) is 2.22. The summed E-state index contributed by atoms with van der Waals surface area (Å²) in [6, 6.07) is 7.59. The van der Waals surface area contributed by atoms with Gasteiger partial charge in [0.15, 0.2) is 0 Å². The zero-order chi connectivity index (χ0) is 15.2. The minimum absolute atomic E-state index is 0.0107. The highest BCUT2D eigenvalue weighted by atomic mass is 16.5. The van der Waals surface area contributed by atoms with Gasteiger partial charge in [-0.1, -0.05) is 20.3 Å². The van der Waals surface area contributed by atoms with Crippen LogP contribution in [0.25, 0.3) is 10.8 Å². The van der Waals surface area contributed by atoms with Crippen molar-refractivity contribution in [3.8, 4) is 5.75 Å². The summed E-state index contributed by atoms with van der Waals surface area (Å²) >= 11 is 0. The molecule has 0 fully saturated rings. The molecule has 0 aliphatic rings. The molecule has 1 atom stereocenters. The third-order valence-electron chi connectivity index (χ3n) is 3.67. The highest BCUT2D eigenvalue weighted by Gasteiger charge is 2.07. The summed E-state index contributed by atoms with van der Waals surface area (Å²) in [5.74, 6) is 0.818. The van der Waals surface area contributed by atoms with Crippen LogP contribution in [-0.2, 0) is 6.54 Å². The van der Waals surface area contributed by atoms with Crippen molar-refractivity contribution in [3.05, 3.63) is 40.8 Å². The van der Waals surface area contributed by atoms with E-state index in [1.807, 2.05) is 37.4 Å². The molecule has 0 saturated carbocycles. The van der Waals surface area contributed by atoms with Crippen LogP contribution in [0.5, 0.6) is 5.75 Å². The van der Waals surface area contributed by atoms with Crippen molar-refractivity contribution in [1.82, 2.24) is 4.57 Å². The highest BCUT2D eigenvalue weighted by Crippen LogP contribution is 2.18. The van der Waals surface area contributed by atoms with Crippen molar-refractivity contribution in [2.75, 3.05) is 6.61 Å². The molecule has 114 valence electrons. The summed E-state index contributed by atoms with van der Waals surface area (Å²) < 4.78 is 7.37. The van der Waals surface area contributed by atoms with E-state index in [0.29, 0.717) is 18.5 Å². The number of nitrogens with two attached hydrogens (primary N) is 1. The first-order valence-electron chi connectivity index (χ1n) is 7.67. The molecule has 2 aromatic rings. The lowest BCUT2D eigenvalue weighted by Crippen LogP contribution is -2.31. The fraction of sp³-hybridized carbons (Fsp3) is 0.471. The molecule has 0 saturated heterocycles. The first-order valence-corrected chi connectivity index (χ1v) is 7.67. The number of rotatable bonds is 7. The van der Waals surface area contributed by atoms with Gasteiger partial charge in [0.05, 0.1) is 6.61 Å². The van der Waals surface area contributed by atoms with Crippen LogP contribution in [0.1, 0.15) is 33.1 Å². The summed E-state index contributed by atoms with van der Waals surface area (Å²) in [6.45, 7) is 5.42. The number of aromatic nitrogens is 1. The van der Waals surface area contributed by atoms with E-state index in [9.17, 15) is 4.79 Å². The Morgan fingerprint density at radius 1 is 1.29 bits per heavy atom. The summed E-state index contributed by atoms with van der Waals surface area (Å²) in [5.41, 5.74) is 5.94. The van der Waals surface area contributed by atoms with Gasteiger partial charge in [0.25, 0.3) is 5.56 Å². The number of benzene rings is 1. The van der Waals surface area contributed by atoms with E-state index < -0.39 is 0 Å². The Labute approximate surface area is 125 Å². The lowest BCUT2D eigenvalue weighted by Gasteiger charge is -2.12. The average molecular weight is 288 g/mol. The predicted octanol–water partition coefficient (Wildman–Crippen LogP) is 2.92. The van der Waals surface area contributed by atoms with Crippen molar-refractivity contribution in [1.29, 1.82) is 0 Å². The van der Waals surface area contributed by atoms with Crippen LogP contribution in [0.4, 0.5) is 0 Å². The maximum absolute atomic E-state index is 12.4. The van der Waals surface area contributed by atoms with Crippen molar-refractivity contribution in [2.24, 2.45) is 5.73 Å². The topological polar surface area (TPSA) is 57.2 Å². The van der Waals surface area contributed by atoms with Crippen molar-refractivity contribution in [3.63, 3.8) is 0 Å². The van der Waals surface area contributed by atoms with Gasteiger partial charge in [0.1, 0.15) is 5.75 Å². The molecule has 1 unspecified atom stereocenters. The molecule has 0 spiro atoms. The number of hydrogen-bond acceptors (Lipinski definition) is 3. The monoisotopic (exact) mass is 288 g/mol. The molecular weight excluding hydrogens is 264 g/mol. The molecule has 21 heavy (non-hydrogen) atoms. The van der Waals surface area contributed by atoms with Gasteiger partial charge in [0.2, 0.25) is 0 Å². The molecule has 1 heterocycles. The third-order valence-corrected chi connectivity index (χ3v) is 3.67. The number of unbranched alkanes of at least 4 members (excludes halogenated alkanes) is 1. The van der Waals surface area contributed by atoms with Crippen molar-refractivity contribution < 1.29 is 4.74 Å². The molecule has 4 nitrogen and oxygen atoms in total. The summed E-state index contributed by atoms with van der Waals surface area (Å²) in [7, 11) is 0. The van der Waals surface area contributed by atoms with Crippen LogP contribution in [-0.4, -0.2) is 17.2 Å². The van der Waals surface area contributed by atoms with Crippen LogP contribution in [0, 0.1) is 0 Å². The minimum Gasteiger partial charge on any atom is -0.494 e. The van der Waals surface area contributed by atoms with Gasteiger partial charge >= 0.3 is 0 Å². The molecule has 1 aromatic carbocycles. The summed E-state index contributed by atoms with van der Waals surface area (Å²) in [5, 5.41) is 1.62. The fourth-order valence-corrected chi connectivity index (χ4v) is 2.22. The number of nitrogens with zero attached hydrogens (tertiary/aromatic N) is 1. The largest absolute Gasteiger partial charge is 0.494 e. The molecule has 0 aliphatic heterocycles. The van der Waals surface area contributed by atoms with Crippen LogP contribution < -0.4 is 16.0 Å². The lowest BCUT2D eigenvalue weighted by atomic mass is 10.1. The zero-order valence-electron chi connectivity index (χ0n) is 12.8. The Kier molecular flexibility index (Phi) is 5.39. The van der Waals surface area contributed by atoms with E-state index in [1.54, 1.807) is 4.57 Å². The van der Waals surface area contributed by atoms with E-state index in [-0.39, 0.29) is 11.6 Å². The Hall–Kier alpha value is -1.81. The Morgan fingerprint density at radius 3 is 2.81 bits per heavy atom. The standard InChI is InChI=1S/C17H24N2O2/c1-3-5-10-21-15-6-7-16-13(11-15)8-9-19(17(16)20)12-14(18)4-2/h6-9,11,14H,3-5,10,12,18H2,1-2H3. The van der Waals surface area contributed by atoms with Gasteiger partial charge in [-0.25, -0.2) is 0 Å². The first kappa shape index (κ1) is 15.6. The summed E-state index contributed by atoms with van der Waals surface area (Å²) in [6.07, 6.45) is 4.81. The molecule has 4 heteroatoms. The maximum Gasteiger partial charge on any atom is 0.258 e. The van der Waals surface area contributed by atoms with Gasteiger partial charge in [0, 0.05) is 24.2 Å². The molecule has 2 rings (SSSR count). The van der Waals surface area contributed by atoms with Gasteiger partial charge in [-0.05, 0) is 42.5 Å². The van der Waals surface area contributed by atoms with Crippen LogP contribution in [0.15, 0.2) is 35.3 Å². The average Bonchev–Trinajstić information content (AvgIpc) is 2.50. The molecule has 0 radical (unpaired) electrons. The van der Waals surface area contributed by atoms with Crippen LogP contribution >= 0.6 is 0 Å². The van der Waals surface area contributed by atoms with Gasteiger partial charge in [-0.15, -0.1) is 0 Å². The molecule has 2 N–H and O–H groups in total. The Balaban J connectivity index is 2.26. The quantitative estimate of drug-likeness (QED) is 0.797. The first-order chi connectivity index (χ1) is 10.2. The second-order valence-electron chi connectivity index (χ2n) is 5.39. The van der Waals surface area contributed by atoms with Gasteiger partial charge in [-0.2, -0.15) is 0 Å².